The van der Waals surface area contributed by atoms with Crippen LogP contribution in [0, 0.1) is 0 Å². The molecule has 4 rings (SSSR count). The second kappa shape index (κ2) is 10.5. The number of hydrogen-bond donors (Lipinski definition) is 1. The first-order valence-corrected chi connectivity index (χ1v) is 11.9. The molecule has 3 aromatic rings. The normalized spacial score (nSPS) is 15.8. The number of carbonyl (C=O) groups is 2. The molecule has 0 aromatic heterocycles. The molecule has 1 saturated heterocycles. The van der Waals surface area contributed by atoms with Gasteiger partial charge >= 0.3 is 0 Å². The van der Waals surface area contributed by atoms with Gasteiger partial charge < -0.3 is 10.2 Å². The van der Waals surface area contributed by atoms with E-state index in [1.165, 1.54) is 0 Å². The minimum atomic E-state index is -0.688. The summed E-state index contributed by atoms with van der Waals surface area (Å²) < 4.78 is 0.919. The number of anilines is 1. The fourth-order valence-corrected chi connectivity index (χ4v) is 4.43. The maximum absolute atomic E-state index is 13.4. The molecule has 8 heteroatoms. The maximum Gasteiger partial charge on any atom is 0.252 e. The predicted molar refractivity (Wildman–Crippen MR) is 138 cm³/mol. The summed E-state index contributed by atoms with van der Waals surface area (Å²) in [6.07, 6.45) is -0.00604. The van der Waals surface area contributed by atoms with E-state index in [0.717, 1.165) is 15.6 Å². The molecule has 1 aliphatic rings. The number of nitrogens with zero attached hydrogens (tertiary/aromatic N) is 2. The van der Waals surface area contributed by atoms with E-state index in [-0.39, 0.29) is 18.2 Å². The first-order valence-electron chi connectivity index (χ1n) is 10.4. The van der Waals surface area contributed by atoms with E-state index in [4.69, 9.17) is 23.8 Å². The largest absolute Gasteiger partial charge is 0.332 e. The van der Waals surface area contributed by atoms with Gasteiger partial charge in [0.05, 0.1) is 13.0 Å². The van der Waals surface area contributed by atoms with Gasteiger partial charge in [-0.1, -0.05) is 70.0 Å². The van der Waals surface area contributed by atoms with E-state index < -0.39 is 6.04 Å². The lowest BCUT2D eigenvalue weighted by molar-refractivity contribution is -0.131. The molecule has 1 unspecified atom stereocenters. The summed E-state index contributed by atoms with van der Waals surface area (Å²) in [4.78, 5) is 29.6. The highest BCUT2D eigenvalue weighted by atomic mass is 79.9. The lowest BCUT2D eigenvalue weighted by Gasteiger charge is -2.24. The molecule has 0 spiro atoms. The number of rotatable bonds is 7. The van der Waals surface area contributed by atoms with Crippen LogP contribution in [0.25, 0.3) is 0 Å². The van der Waals surface area contributed by atoms with Crippen molar-refractivity contribution in [2.75, 3.05) is 5.32 Å². The van der Waals surface area contributed by atoms with E-state index in [2.05, 4.69) is 21.2 Å². The molecule has 1 fully saturated rings. The van der Waals surface area contributed by atoms with Gasteiger partial charge in [-0.2, -0.15) is 0 Å². The second-order valence-electron chi connectivity index (χ2n) is 7.72. The summed E-state index contributed by atoms with van der Waals surface area (Å²) in [5.74, 6) is -0.426. The Morgan fingerprint density at radius 3 is 2.24 bits per heavy atom. The Morgan fingerprint density at radius 1 is 0.939 bits per heavy atom. The Morgan fingerprint density at radius 2 is 1.58 bits per heavy atom. The summed E-state index contributed by atoms with van der Waals surface area (Å²) in [7, 11) is 0. The SMILES string of the molecule is O=C(CC1C(=O)N(Cc2ccccc2)C(=S)N1Cc1ccc(Cl)cc1)Nc1ccc(Br)cc1. The fraction of sp³-hybridized carbons (Fsp3) is 0.160. The van der Waals surface area contributed by atoms with Gasteiger partial charge in [0.25, 0.3) is 5.91 Å². The maximum atomic E-state index is 13.4. The van der Waals surface area contributed by atoms with Crippen molar-refractivity contribution in [2.24, 2.45) is 0 Å². The van der Waals surface area contributed by atoms with Crippen LogP contribution in [0.2, 0.25) is 5.02 Å². The van der Waals surface area contributed by atoms with Crippen molar-refractivity contribution >= 4 is 62.4 Å². The van der Waals surface area contributed by atoms with Crippen molar-refractivity contribution in [3.05, 3.63) is 99.5 Å². The Kier molecular flexibility index (Phi) is 7.42. The number of thiocarbonyl (C=S) groups is 1. The van der Waals surface area contributed by atoms with Gasteiger partial charge in [0.2, 0.25) is 5.91 Å². The van der Waals surface area contributed by atoms with E-state index >= 15 is 0 Å². The van der Waals surface area contributed by atoms with Crippen LogP contribution in [0.5, 0.6) is 0 Å². The third-order valence-electron chi connectivity index (χ3n) is 5.36. The monoisotopic (exact) mass is 541 g/mol. The van der Waals surface area contributed by atoms with Gasteiger partial charge in [0, 0.05) is 21.7 Å². The third-order valence-corrected chi connectivity index (χ3v) is 6.60. The number of hydrogen-bond acceptors (Lipinski definition) is 3. The summed E-state index contributed by atoms with van der Waals surface area (Å²) in [5.41, 5.74) is 2.59. The molecule has 1 N–H and O–H groups in total. The van der Waals surface area contributed by atoms with E-state index in [1.54, 1.807) is 29.2 Å². The number of halogens is 2. The zero-order chi connectivity index (χ0) is 23.4. The highest BCUT2D eigenvalue weighted by molar-refractivity contribution is 9.10. The Labute approximate surface area is 211 Å². The number of nitrogens with one attached hydrogen (secondary N) is 1. The van der Waals surface area contributed by atoms with Gasteiger partial charge in [-0.15, -0.1) is 0 Å². The van der Waals surface area contributed by atoms with Crippen molar-refractivity contribution in [2.45, 2.75) is 25.6 Å². The average molecular weight is 543 g/mol. The van der Waals surface area contributed by atoms with Gasteiger partial charge in [0.1, 0.15) is 6.04 Å². The Bertz CT molecular complexity index is 1160. The van der Waals surface area contributed by atoms with Crippen molar-refractivity contribution in [3.63, 3.8) is 0 Å². The number of amides is 2. The average Bonchev–Trinajstić information content (AvgIpc) is 3.02. The first kappa shape index (κ1) is 23.4. The lowest BCUT2D eigenvalue weighted by atomic mass is 10.1. The van der Waals surface area contributed by atoms with Gasteiger partial charge in [-0.3, -0.25) is 14.5 Å². The van der Waals surface area contributed by atoms with Crippen LogP contribution >= 0.6 is 39.7 Å². The fourth-order valence-electron chi connectivity index (χ4n) is 3.69. The molecule has 2 amide bonds. The summed E-state index contributed by atoms with van der Waals surface area (Å²) in [5, 5.41) is 3.92. The zero-order valence-electron chi connectivity index (χ0n) is 17.6. The predicted octanol–water partition coefficient (Wildman–Crippen LogP) is 5.63. The van der Waals surface area contributed by atoms with E-state index in [1.807, 2.05) is 59.5 Å². The second-order valence-corrected chi connectivity index (χ2v) is 9.44. The summed E-state index contributed by atoms with van der Waals surface area (Å²) in [6.45, 7) is 0.768. The smallest absolute Gasteiger partial charge is 0.252 e. The van der Waals surface area contributed by atoms with Gasteiger partial charge in [-0.25, -0.2) is 0 Å². The topological polar surface area (TPSA) is 52.7 Å². The van der Waals surface area contributed by atoms with Crippen LogP contribution in [0.1, 0.15) is 17.5 Å². The molecule has 0 radical (unpaired) electrons. The van der Waals surface area contributed by atoms with Gasteiger partial charge in [-0.05, 0) is 59.7 Å². The highest BCUT2D eigenvalue weighted by Gasteiger charge is 2.43. The van der Waals surface area contributed by atoms with Crippen LogP contribution in [-0.4, -0.2) is 32.8 Å². The van der Waals surface area contributed by atoms with Crippen molar-refractivity contribution in [1.29, 1.82) is 0 Å². The molecule has 1 atom stereocenters. The standard InChI is InChI=1S/C25H21BrClN3O2S/c26-19-8-12-21(13-9-19)28-23(31)14-22-24(32)30(16-17-4-2-1-3-5-17)25(33)29(22)15-18-6-10-20(27)11-7-18/h1-13,22H,14-16H2,(H,28,31). The summed E-state index contributed by atoms with van der Waals surface area (Å²) in [6, 6.07) is 23.7. The van der Waals surface area contributed by atoms with Gasteiger partial charge in [0.15, 0.2) is 5.11 Å². The Balaban J connectivity index is 1.55. The van der Waals surface area contributed by atoms with Crippen molar-refractivity contribution in [3.8, 4) is 0 Å². The van der Waals surface area contributed by atoms with Crippen LogP contribution < -0.4 is 5.32 Å². The molecule has 33 heavy (non-hydrogen) atoms. The minimum Gasteiger partial charge on any atom is -0.332 e. The summed E-state index contributed by atoms with van der Waals surface area (Å²) >= 11 is 15.1. The number of benzene rings is 3. The molecule has 0 saturated carbocycles. The molecular formula is C25H21BrClN3O2S. The van der Waals surface area contributed by atoms with Crippen LogP contribution in [0.15, 0.2) is 83.3 Å². The molecular weight excluding hydrogens is 522 g/mol. The third kappa shape index (κ3) is 5.79. The van der Waals surface area contributed by atoms with Crippen LogP contribution in [0.4, 0.5) is 5.69 Å². The minimum absolute atomic E-state index is 0.00604. The first-order chi connectivity index (χ1) is 15.9. The lowest BCUT2D eigenvalue weighted by Crippen LogP contribution is -2.37. The molecule has 1 heterocycles. The van der Waals surface area contributed by atoms with Crippen LogP contribution in [0.3, 0.4) is 0 Å². The highest BCUT2D eigenvalue weighted by Crippen LogP contribution is 2.26. The molecule has 0 bridgehead atoms. The molecule has 1 aliphatic heterocycles. The molecule has 5 nitrogen and oxygen atoms in total. The number of carbonyl (C=O) groups excluding carboxylic acids is 2. The zero-order valence-corrected chi connectivity index (χ0v) is 20.7. The van der Waals surface area contributed by atoms with Crippen molar-refractivity contribution in [1.82, 2.24) is 9.80 Å². The van der Waals surface area contributed by atoms with E-state index in [9.17, 15) is 9.59 Å². The molecule has 0 aliphatic carbocycles. The Hall–Kier alpha value is -2.74. The van der Waals surface area contributed by atoms with Crippen LogP contribution in [-0.2, 0) is 22.7 Å². The van der Waals surface area contributed by atoms with Crippen molar-refractivity contribution < 1.29 is 9.59 Å². The van der Waals surface area contributed by atoms with E-state index in [0.29, 0.717) is 28.9 Å². The molecule has 3 aromatic carbocycles. The molecule has 168 valence electrons. The quantitative estimate of drug-likeness (QED) is 0.393.